The molecule has 0 N–H and O–H groups in total. The van der Waals surface area contributed by atoms with Crippen molar-refractivity contribution < 1.29 is 22.7 Å². The molecule has 1 fully saturated rings. The second-order valence-electron chi connectivity index (χ2n) is 8.00. The summed E-state index contributed by atoms with van der Waals surface area (Å²) in [5, 5.41) is 0.348. The number of carbonyl (C=O) groups is 2. The molecule has 0 aliphatic carbocycles. The van der Waals surface area contributed by atoms with Crippen LogP contribution >= 0.6 is 11.6 Å². The lowest BCUT2D eigenvalue weighted by Gasteiger charge is -2.34. The van der Waals surface area contributed by atoms with Gasteiger partial charge in [0.25, 0.3) is 5.91 Å². The number of hydrogen-bond acceptors (Lipinski definition) is 6. The Hall–Kier alpha value is -2.84. The van der Waals surface area contributed by atoms with Crippen LogP contribution in [0.25, 0.3) is 0 Å². The van der Waals surface area contributed by atoms with Crippen molar-refractivity contribution in [3.05, 3.63) is 64.2 Å². The first kappa shape index (κ1) is 22.4. The van der Waals surface area contributed by atoms with Crippen molar-refractivity contribution in [3.8, 4) is 0 Å². The quantitative estimate of drug-likeness (QED) is 0.621. The standard InChI is InChI=1S/C23H23ClN2O5S/c1-15-8-10-25(11-9-15)22(27)21-14-26(18-5-3-4-16(12-18)23(28)31-2)19-13-17(24)6-7-20(19)32(21,29)30/h3-7,12-15H,8-11H2,1-2H3. The molecule has 0 spiro atoms. The molecule has 32 heavy (non-hydrogen) atoms. The predicted octanol–water partition coefficient (Wildman–Crippen LogP) is 4.15. The van der Waals surface area contributed by atoms with Crippen molar-refractivity contribution in [1.82, 2.24) is 4.90 Å². The molecule has 1 amide bonds. The predicted molar refractivity (Wildman–Crippen MR) is 122 cm³/mol. The highest BCUT2D eigenvalue weighted by Crippen LogP contribution is 2.41. The summed E-state index contributed by atoms with van der Waals surface area (Å²) in [6.45, 7) is 3.14. The Kier molecular flexibility index (Phi) is 6.01. The molecule has 2 aromatic carbocycles. The Morgan fingerprint density at radius 2 is 1.81 bits per heavy atom. The number of likely N-dealkylation sites (tertiary alicyclic amines) is 1. The van der Waals surface area contributed by atoms with Gasteiger partial charge in [0.2, 0.25) is 9.84 Å². The number of piperidine rings is 1. The summed E-state index contributed by atoms with van der Waals surface area (Å²) in [7, 11) is -2.77. The van der Waals surface area contributed by atoms with Gasteiger partial charge in [-0.25, -0.2) is 13.2 Å². The number of fused-ring (bicyclic) bond motifs is 1. The summed E-state index contributed by atoms with van der Waals surface area (Å²) < 4.78 is 31.6. The van der Waals surface area contributed by atoms with Crippen molar-refractivity contribution in [2.45, 2.75) is 24.7 Å². The molecular formula is C23H23ClN2O5S. The topological polar surface area (TPSA) is 84.0 Å². The maximum absolute atomic E-state index is 13.4. The van der Waals surface area contributed by atoms with Crippen molar-refractivity contribution in [3.63, 3.8) is 0 Å². The second kappa shape index (κ2) is 8.60. The zero-order valence-corrected chi connectivity index (χ0v) is 19.3. The number of halogens is 1. The molecule has 0 saturated carbocycles. The molecule has 1 saturated heterocycles. The van der Waals surface area contributed by atoms with E-state index in [9.17, 15) is 18.0 Å². The number of hydrogen-bond donors (Lipinski definition) is 0. The van der Waals surface area contributed by atoms with E-state index in [-0.39, 0.29) is 9.80 Å². The highest BCUT2D eigenvalue weighted by Gasteiger charge is 2.38. The van der Waals surface area contributed by atoms with Crippen LogP contribution in [0.15, 0.2) is 58.5 Å². The van der Waals surface area contributed by atoms with E-state index in [4.69, 9.17) is 16.3 Å². The number of ether oxygens (including phenoxy) is 1. The maximum Gasteiger partial charge on any atom is 0.337 e. The number of carbonyl (C=O) groups excluding carboxylic acids is 2. The molecular weight excluding hydrogens is 452 g/mol. The van der Waals surface area contributed by atoms with Crippen LogP contribution in [-0.4, -0.2) is 45.4 Å². The molecule has 2 aliphatic heterocycles. The van der Waals surface area contributed by atoms with E-state index in [1.807, 2.05) is 0 Å². The smallest absolute Gasteiger partial charge is 0.337 e. The summed E-state index contributed by atoms with van der Waals surface area (Å²) in [4.78, 5) is 28.2. The van der Waals surface area contributed by atoms with Crippen LogP contribution in [0.3, 0.4) is 0 Å². The third-order valence-electron chi connectivity index (χ3n) is 5.83. The highest BCUT2D eigenvalue weighted by molar-refractivity contribution is 7.96. The summed E-state index contributed by atoms with van der Waals surface area (Å²) in [6.07, 6.45) is 2.98. The number of rotatable bonds is 3. The van der Waals surface area contributed by atoms with Crippen molar-refractivity contribution >= 4 is 44.7 Å². The van der Waals surface area contributed by atoms with Crippen LogP contribution in [0, 0.1) is 5.92 Å². The van der Waals surface area contributed by atoms with E-state index in [1.54, 1.807) is 34.1 Å². The normalized spacial score (nSPS) is 18.0. The number of nitrogens with zero attached hydrogens (tertiary/aromatic N) is 2. The largest absolute Gasteiger partial charge is 0.465 e. The van der Waals surface area contributed by atoms with Gasteiger partial charge in [0.1, 0.15) is 0 Å². The summed E-state index contributed by atoms with van der Waals surface area (Å²) >= 11 is 6.17. The van der Waals surface area contributed by atoms with E-state index >= 15 is 0 Å². The first-order chi connectivity index (χ1) is 15.2. The number of amides is 1. The van der Waals surface area contributed by atoms with E-state index < -0.39 is 21.7 Å². The van der Waals surface area contributed by atoms with Gasteiger partial charge >= 0.3 is 5.97 Å². The lowest BCUT2D eigenvalue weighted by Crippen LogP contribution is -2.41. The average Bonchev–Trinajstić information content (AvgIpc) is 2.78. The third-order valence-corrected chi connectivity index (χ3v) is 7.85. The first-order valence-electron chi connectivity index (χ1n) is 10.3. The molecule has 0 atom stereocenters. The molecule has 7 nitrogen and oxygen atoms in total. The summed E-state index contributed by atoms with van der Waals surface area (Å²) in [5.74, 6) is -0.548. The van der Waals surface area contributed by atoms with Gasteiger partial charge in [0.15, 0.2) is 4.91 Å². The Bertz CT molecular complexity index is 1220. The van der Waals surface area contributed by atoms with Gasteiger partial charge in [0.05, 0.1) is 23.3 Å². The van der Waals surface area contributed by atoms with E-state index in [0.717, 1.165) is 12.8 Å². The van der Waals surface area contributed by atoms with Crippen molar-refractivity contribution in [2.24, 2.45) is 5.92 Å². The fourth-order valence-electron chi connectivity index (χ4n) is 3.93. The van der Waals surface area contributed by atoms with Gasteiger partial charge in [-0.2, -0.15) is 0 Å². The van der Waals surface area contributed by atoms with Gasteiger partial charge in [-0.3, -0.25) is 4.79 Å². The molecule has 0 unspecified atom stereocenters. The molecule has 2 heterocycles. The maximum atomic E-state index is 13.4. The van der Waals surface area contributed by atoms with Crippen LogP contribution < -0.4 is 4.90 Å². The Morgan fingerprint density at radius 1 is 1.09 bits per heavy atom. The fourth-order valence-corrected chi connectivity index (χ4v) is 5.62. The van der Waals surface area contributed by atoms with Crippen LogP contribution in [0.5, 0.6) is 0 Å². The van der Waals surface area contributed by atoms with Gasteiger partial charge in [-0.1, -0.05) is 24.6 Å². The molecule has 0 radical (unpaired) electrons. The SMILES string of the molecule is COC(=O)c1cccc(N2C=C(C(=O)N3CCC(C)CC3)S(=O)(=O)c3ccc(Cl)cc32)c1. The number of benzene rings is 2. The van der Waals surface area contributed by atoms with Gasteiger partial charge in [-0.15, -0.1) is 0 Å². The molecule has 9 heteroatoms. The zero-order valence-electron chi connectivity index (χ0n) is 17.7. The minimum Gasteiger partial charge on any atom is -0.465 e. The lowest BCUT2D eigenvalue weighted by atomic mass is 9.99. The Balaban J connectivity index is 1.84. The number of sulfone groups is 1. The molecule has 168 valence electrons. The summed E-state index contributed by atoms with van der Waals surface area (Å²) in [6, 6.07) is 11.0. The zero-order chi connectivity index (χ0) is 23.0. The molecule has 2 aromatic rings. The lowest BCUT2D eigenvalue weighted by molar-refractivity contribution is -0.127. The molecule has 0 bridgehead atoms. The van der Waals surface area contributed by atoms with E-state index in [0.29, 0.717) is 41.0 Å². The number of anilines is 2. The Morgan fingerprint density at radius 3 is 2.50 bits per heavy atom. The van der Waals surface area contributed by atoms with Crippen LogP contribution in [0.2, 0.25) is 5.02 Å². The molecule has 0 aromatic heterocycles. The highest BCUT2D eigenvalue weighted by atomic mass is 35.5. The first-order valence-corrected chi connectivity index (χ1v) is 12.1. The van der Waals surface area contributed by atoms with Crippen LogP contribution in [0.4, 0.5) is 11.4 Å². The average molecular weight is 475 g/mol. The number of esters is 1. The van der Waals surface area contributed by atoms with Crippen LogP contribution in [-0.2, 0) is 19.4 Å². The van der Waals surface area contributed by atoms with E-state index in [2.05, 4.69) is 6.92 Å². The van der Waals surface area contributed by atoms with E-state index in [1.165, 1.54) is 31.5 Å². The number of methoxy groups -OCH3 is 1. The minimum absolute atomic E-state index is 0.0124. The van der Waals surface area contributed by atoms with Gasteiger partial charge < -0.3 is 14.5 Å². The van der Waals surface area contributed by atoms with Crippen molar-refractivity contribution in [1.29, 1.82) is 0 Å². The minimum atomic E-state index is -4.06. The third kappa shape index (κ3) is 4.00. The molecule has 2 aliphatic rings. The van der Waals surface area contributed by atoms with Gasteiger partial charge in [-0.05, 0) is 55.2 Å². The fraction of sp³-hybridized carbons (Fsp3) is 0.304. The van der Waals surface area contributed by atoms with Gasteiger partial charge in [0, 0.05) is 30.0 Å². The Labute approximate surface area is 192 Å². The second-order valence-corrected chi connectivity index (χ2v) is 10.3. The monoisotopic (exact) mass is 474 g/mol. The summed E-state index contributed by atoms with van der Waals surface area (Å²) in [5.41, 5.74) is 1.11. The molecule has 4 rings (SSSR count). The van der Waals surface area contributed by atoms with Crippen molar-refractivity contribution in [2.75, 3.05) is 25.1 Å². The van der Waals surface area contributed by atoms with Crippen LogP contribution in [0.1, 0.15) is 30.1 Å².